The third kappa shape index (κ3) is 3.58. The summed E-state index contributed by atoms with van der Waals surface area (Å²) in [5.74, 6) is -0.589. The van der Waals surface area contributed by atoms with Crippen LogP contribution >= 0.6 is 0 Å². The first kappa shape index (κ1) is 18.4. The summed E-state index contributed by atoms with van der Waals surface area (Å²) in [4.78, 5) is 40.2. The van der Waals surface area contributed by atoms with E-state index in [-0.39, 0.29) is 24.4 Å². The van der Waals surface area contributed by atoms with E-state index in [4.69, 9.17) is 0 Å². The lowest BCUT2D eigenvalue weighted by Crippen LogP contribution is -2.46. The van der Waals surface area contributed by atoms with Crippen LogP contribution < -0.4 is 10.6 Å². The molecule has 2 fully saturated rings. The van der Waals surface area contributed by atoms with Gasteiger partial charge in [-0.3, -0.25) is 14.5 Å². The number of nitrogens with zero attached hydrogens (tertiary/aromatic N) is 2. The summed E-state index contributed by atoms with van der Waals surface area (Å²) in [7, 11) is 3.90. The lowest BCUT2D eigenvalue weighted by atomic mass is 9.98. The van der Waals surface area contributed by atoms with E-state index in [1.165, 1.54) is 0 Å². The Morgan fingerprint density at radius 1 is 1.23 bits per heavy atom. The molecule has 7 heteroatoms. The highest BCUT2D eigenvalue weighted by atomic mass is 16.2. The number of urea groups is 1. The Hall–Kier alpha value is -2.41. The normalized spacial score (nSPS) is 19.9. The van der Waals surface area contributed by atoms with Crippen molar-refractivity contribution in [2.24, 2.45) is 0 Å². The van der Waals surface area contributed by atoms with Crippen molar-refractivity contribution in [3.8, 4) is 0 Å². The topological polar surface area (TPSA) is 81.8 Å². The molecule has 4 amide bonds. The number of likely N-dealkylation sites (N-methyl/N-ethyl adjacent to an activating group) is 1. The molecule has 1 saturated heterocycles. The maximum absolute atomic E-state index is 12.6. The Kier molecular flexibility index (Phi) is 5.27. The molecular weight excluding hydrogens is 332 g/mol. The molecule has 3 rings (SSSR count). The third-order valence-corrected chi connectivity index (χ3v) is 5.30. The minimum absolute atomic E-state index is 0.0180. The van der Waals surface area contributed by atoms with Gasteiger partial charge in [0.25, 0.3) is 5.91 Å². The Morgan fingerprint density at radius 3 is 2.50 bits per heavy atom. The highest BCUT2D eigenvalue weighted by Gasteiger charge is 2.52. The molecule has 26 heavy (non-hydrogen) atoms. The van der Waals surface area contributed by atoms with Crippen LogP contribution in [0.15, 0.2) is 30.3 Å². The first-order valence-corrected chi connectivity index (χ1v) is 9.05. The predicted octanol–water partition coefficient (Wildman–Crippen LogP) is 1.27. The minimum Gasteiger partial charge on any atom is -0.353 e. The van der Waals surface area contributed by atoms with E-state index in [1.807, 2.05) is 49.3 Å². The predicted molar refractivity (Wildman–Crippen MR) is 97.3 cm³/mol. The molecule has 2 aliphatic rings. The van der Waals surface area contributed by atoms with Crippen molar-refractivity contribution in [2.75, 3.05) is 27.2 Å². The van der Waals surface area contributed by atoms with Crippen LogP contribution in [0.2, 0.25) is 0 Å². The van der Waals surface area contributed by atoms with Crippen LogP contribution in [0, 0.1) is 0 Å². The van der Waals surface area contributed by atoms with Crippen LogP contribution in [-0.4, -0.2) is 60.4 Å². The van der Waals surface area contributed by atoms with Gasteiger partial charge in [-0.2, -0.15) is 0 Å². The molecule has 2 N–H and O–H groups in total. The van der Waals surface area contributed by atoms with Crippen LogP contribution in [0.25, 0.3) is 0 Å². The highest BCUT2D eigenvalue weighted by Crippen LogP contribution is 2.34. The molecule has 7 nitrogen and oxygen atoms in total. The van der Waals surface area contributed by atoms with Crippen LogP contribution in [0.1, 0.15) is 37.3 Å². The van der Waals surface area contributed by atoms with Crippen LogP contribution in [0.5, 0.6) is 0 Å². The lowest BCUT2D eigenvalue weighted by molar-refractivity contribution is -0.134. The summed E-state index contributed by atoms with van der Waals surface area (Å²) in [6.45, 7) is 0.173. The maximum atomic E-state index is 12.6. The fraction of sp³-hybridized carbons (Fsp3) is 0.526. The molecule has 1 aromatic carbocycles. The number of hydrogen-bond donors (Lipinski definition) is 2. The quantitative estimate of drug-likeness (QED) is 0.751. The average Bonchev–Trinajstić information content (AvgIpc) is 3.17. The van der Waals surface area contributed by atoms with E-state index in [1.54, 1.807) is 0 Å². The Morgan fingerprint density at radius 2 is 1.88 bits per heavy atom. The summed E-state index contributed by atoms with van der Waals surface area (Å²) >= 11 is 0. The Balaban J connectivity index is 1.58. The Labute approximate surface area is 153 Å². The number of nitrogens with one attached hydrogen (secondary N) is 2. The summed E-state index contributed by atoms with van der Waals surface area (Å²) in [6.07, 6.45) is 3.17. The van der Waals surface area contributed by atoms with Gasteiger partial charge < -0.3 is 15.5 Å². The van der Waals surface area contributed by atoms with Crippen molar-refractivity contribution < 1.29 is 14.4 Å². The number of imide groups is 1. The van der Waals surface area contributed by atoms with Gasteiger partial charge >= 0.3 is 6.03 Å². The second kappa shape index (κ2) is 7.45. The molecular formula is C19H26N4O3. The molecule has 140 valence electrons. The number of hydrogen-bond acceptors (Lipinski definition) is 4. The molecule has 1 aliphatic carbocycles. The summed E-state index contributed by atoms with van der Waals surface area (Å²) in [5, 5.41) is 5.65. The number of carbonyl (C=O) groups excluding carboxylic acids is 3. The zero-order valence-electron chi connectivity index (χ0n) is 15.3. The fourth-order valence-corrected chi connectivity index (χ4v) is 3.82. The number of benzene rings is 1. The van der Waals surface area contributed by atoms with Crippen molar-refractivity contribution in [2.45, 2.75) is 37.3 Å². The van der Waals surface area contributed by atoms with Gasteiger partial charge in [-0.1, -0.05) is 43.2 Å². The van der Waals surface area contributed by atoms with Crippen molar-refractivity contribution in [1.82, 2.24) is 20.4 Å². The number of amides is 4. The Bertz CT molecular complexity index is 683. The molecule has 0 unspecified atom stereocenters. The number of carbonyl (C=O) groups is 3. The van der Waals surface area contributed by atoms with E-state index in [0.717, 1.165) is 23.3 Å². The third-order valence-electron chi connectivity index (χ3n) is 5.30. The SMILES string of the molecule is CN(C)[C@@H](CNC(=O)CN1C(=O)NC2(CCCC2)C1=O)c1ccccc1. The van der Waals surface area contributed by atoms with E-state index in [0.29, 0.717) is 19.4 Å². The molecule has 1 atom stereocenters. The standard InChI is InChI=1S/C19H26N4O3/c1-22(2)15(14-8-4-3-5-9-14)12-20-16(24)13-23-17(25)19(21-18(23)26)10-6-7-11-19/h3-5,8-9,15H,6-7,10-13H2,1-2H3,(H,20,24)(H,21,26)/t15-/m0/s1. The summed E-state index contributed by atoms with van der Waals surface area (Å²) in [5.41, 5.74) is 0.325. The lowest BCUT2D eigenvalue weighted by Gasteiger charge is -2.25. The zero-order chi connectivity index (χ0) is 18.7. The molecule has 1 heterocycles. The maximum Gasteiger partial charge on any atom is 0.325 e. The van der Waals surface area contributed by atoms with Crippen molar-refractivity contribution in [3.05, 3.63) is 35.9 Å². The zero-order valence-corrected chi connectivity index (χ0v) is 15.3. The molecule has 1 aromatic rings. The highest BCUT2D eigenvalue weighted by molar-refractivity contribution is 6.09. The van der Waals surface area contributed by atoms with Gasteiger partial charge in [0.2, 0.25) is 5.91 Å². The van der Waals surface area contributed by atoms with Gasteiger partial charge in [0.1, 0.15) is 12.1 Å². The monoisotopic (exact) mass is 358 g/mol. The second-order valence-electron chi connectivity index (χ2n) is 7.30. The van der Waals surface area contributed by atoms with Crippen LogP contribution in [0.3, 0.4) is 0 Å². The van der Waals surface area contributed by atoms with Gasteiger partial charge in [0, 0.05) is 6.54 Å². The first-order valence-electron chi connectivity index (χ1n) is 9.05. The van der Waals surface area contributed by atoms with Crippen LogP contribution in [-0.2, 0) is 9.59 Å². The van der Waals surface area contributed by atoms with Gasteiger partial charge in [-0.15, -0.1) is 0 Å². The molecule has 0 bridgehead atoms. The molecule has 1 spiro atoms. The van der Waals surface area contributed by atoms with E-state index in [2.05, 4.69) is 10.6 Å². The van der Waals surface area contributed by atoms with E-state index in [9.17, 15) is 14.4 Å². The second-order valence-corrected chi connectivity index (χ2v) is 7.30. The van der Waals surface area contributed by atoms with E-state index < -0.39 is 11.6 Å². The van der Waals surface area contributed by atoms with Gasteiger partial charge in [0.05, 0.1) is 6.04 Å². The van der Waals surface area contributed by atoms with Crippen molar-refractivity contribution >= 4 is 17.8 Å². The van der Waals surface area contributed by atoms with E-state index >= 15 is 0 Å². The summed E-state index contributed by atoms with van der Waals surface area (Å²) < 4.78 is 0. The number of rotatable bonds is 6. The van der Waals surface area contributed by atoms with Gasteiger partial charge in [0.15, 0.2) is 0 Å². The van der Waals surface area contributed by atoms with Crippen molar-refractivity contribution in [1.29, 1.82) is 0 Å². The smallest absolute Gasteiger partial charge is 0.325 e. The summed E-state index contributed by atoms with van der Waals surface area (Å²) in [6, 6.07) is 9.45. The molecule has 1 saturated carbocycles. The first-order chi connectivity index (χ1) is 12.4. The van der Waals surface area contributed by atoms with Gasteiger partial charge in [-0.05, 0) is 32.5 Å². The average molecular weight is 358 g/mol. The fourth-order valence-electron chi connectivity index (χ4n) is 3.82. The van der Waals surface area contributed by atoms with Crippen LogP contribution in [0.4, 0.5) is 4.79 Å². The molecule has 0 aromatic heterocycles. The molecule has 1 aliphatic heterocycles. The van der Waals surface area contributed by atoms with Crippen molar-refractivity contribution in [3.63, 3.8) is 0 Å². The molecule has 0 radical (unpaired) electrons. The van der Waals surface area contributed by atoms with Gasteiger partial charge in [-0.25, -0.2) is 4.79 Å². The minimum atomic E-state index is -0.770. The largest absolute Gasteiger partial charge is 0.353 e.